The third kappa shape index (κ3) is 2.75. The van der Waals surface area contributed by atoms with E-state index in [0.29, 0.717) is 12.4 Å². The van der Waals surface area contributed by atoms with Crippen LogP contribution < -0.4 is 5.32 Å². The fourth-order valence-corrected chi connectivity index (χ4v) is 2.61. The molecular weight excluding hydrogens is 250 g/mol. The topological polar surface area (TPSA) is 51.0 Å². The van der Waals surface area contributed by atoms with E-state index >= 15 is 0 Å². The van der Waals surface area contributed by atoms with E-state index in [0.717, 1.165) is 25.2 Å². The Balaban J connectivity index is 2.35. The monoisotopic (exact) mass is 273 g/mol. The number of benzene rings is 1. The first kappa shape index (κ1) is 14.7. The van der Waals surface area contributed by atoms with E-state index in [-0.39, 0.29) is 5.41 Å². The van der Waals surface area contributed by atoms with Crippen LogP contribution in [0.4, 0.5) is 0 Å². The van der Waals surface area contributed by atoms with Gasteiger partial charge in [0.2, 0.25) is 5.89 Å². The molecule has 0 radical (unpaired) electrons. The number of rotatable bonds is 7. The van der Waals surface area contributed by atoms with Gasteiger partial charge in [0.1, 0.15) is 0 Å². The van der Waals surface area contributed by atoms with Gasteiger partial charge >= 0.3 is 0 Å². The van der Waals surface area contributed by atoms with Gasteiger partial charge in [-0.2, -0.15) is 4.98 Å². The van der Waals surface area contributed by atoms with Crippen molar-refractivity contribution in [3.8, 4) is 0 Å². The summed E-state index contributed by atoms with van der Waals surface area (Å²) in [7, 11) is 0. The summed E-state index contributed by atoms with van der Waals surface area (Å²) in [4.78, 5) is 4.60. The molecule has 20 heavy (non-hydrogen) atoms. The molecule has 0 aliphatic rings. The second kappa shape index (κ2) is 6.66. The molecule has 1 aromatic heterocycles. The molecule has 1 heterocycles. The molecule has 0 saturated heterocycles. The molecule has 0 unspecified atom stereocenters. The number of hydrogen-bond acceptors (Lipinski definition) is 4. The van der Waals surface area contributed by atoms with Crippen LogP contribution in [-0.4, -0.2) is 16.7 Å². The van der Waals surface area contributed by atoms with Crippen molar-refractivity contribution >= 4 is 0 Å². The predicted molar refractivity (Wildman–Crippen MR) is 79.5 cm³/mol. The largest absolute Gasteiger partial charge is 0.338 e. The Morgan fingerprint density at radius 1 is 1.10 bits per heavy atom. The molecule has 1 N–H and O–H groups in total. The van der Waals surface area contributed by atoms with Crippen molar-refractivity contribution in [1.29, 1.82) is 0 Å². The highest BCUT2D eigenvalue weighted by atomic mass is 16.5. The molecule has 0 aliphatic carbocycles. The Labute approximate surface area is 120 Å². The average Bonchev–Trinajstić information content (AvgIpc) is 2.97. The van der Waals surface area contributed by atoms with Crippen LogP contribution in [-0.2, 0) is 12.0 Å². The second-order valence-electron chi connectivity index (χ2n) is 4.95. The van der Waals surface area contributed by atoms with Crippen LogP contribution in [0.15, 0.2) is 34.9 Å². The number of nitrogens with one attached hydrogen (secondary N) is 1. The number of aromatic nitrogens is 2. The van der Waals surface area contributed by atoms with Crippen LogP contribution in [0.1, 0.15) is 50.9 Å². The van der Waals surface area contributed by atoms with Gasteiger partial charge < -0.3 is 9.84 Å². The van der Waals surface area contributed by atoms with E-state index in [4.69, 9.17) is 4.52 Å². The Morgan fingerprint density at radius 2 is 1.80 bits per heavy atom. The van der Waals surface area contributed by atoms with Gasteiger partial charge in [0.05, 0.1) is 12.0 Å². The average molecular weight is 273 g/mol. The van der Waals surface area contributed by atoms with Gasteiger partial charge in [-0.1, -0.05) is 56.3 Å². The van der Waals surface area contributed by atoms with Crippen LogP contribution in [0.2, 0.25) is 0 Å². The highest BCUT2D eigenvalue weighted by Gasteiger charge is 2.35. The van der Waals surface area contributed by atoms with Crippen molar-refractivity contribution in [3.63, 3.8) is 0 Å². The summed E-state index contributed by atoms with van der Waals surface area (Å²) in [5, 5.41) is 7.44. The van der Waals surface area contributed by atoms with Gasteiger partial charge in [0.15, 0.2) is 5.82 Å². The first-order valence-corrected chi connectivity index (χ1v) is 7.36. The Kier molecular flexibility index (Phi) is 4.90. The van der Waals surface area contributed by atoms with Gasteiger partial charge in [0, 0.05) is 0 Å². The summed E-state index contributed by atoms with van der Waals surface area (Å²) < 4.78 is 5.37. The lowest BCUT2D eigenvalue weighted by Gasteiger charge is -2.28. The molecule has 2 rings (SSSR count). The number of nitrogens with zero attached hydrogens (tertiary/aromatic N) is 2. The van der Waals surface area contributed by atoms with E-state index in [9.17, 15) is 0 Å². The maximum Gasteiger partial charge on any atom is 0.240 e. The molecule has 108 valence electrons. The van der Waals surface area contributed by atoms with Crippen LogP contribution in [0, 0.1) is 0 Å². The molecule has 0 amide bonds. The van der Waals surface area contributed by atoms with E-state index < -0.39 is 0 Å². The maximum atomic E-state index is 5.37. The SMILES string of the molecule is CCNCc1nc(C(CC)(CC)c2ccccc2)no1. The van der Waals surface area contributed by atoms with E-state index in [1.165, 1.54) is 5.56 Å². The fraction of sp³-hybridized carbons (Fsp3) is 0.500. The van der Waals surface area contributed by atoms with Crippen LogP contribution in [0.5, 0.6) is 0 Å². The molecule has 2 aromatic rings. The Morgan fingerprint density at radius 3 is 2.40 bits per heavy atom. The lowest BCUT2D eigenvalue weighted by molar-refractivity contribution is 0.348. The summed E-state index contributed by atoms with van der Waals surface area (Å²) in [5.74, 6) is 1.45. The Hall–Kier alpha value is -1.68. The normalized spacial score (nSPS) is 11.8. The van der Waals surface area contributed by atoms with Gasteiger partial charge in [-0.15, -0.1) is 0 Å². The van der Waals surface area contributed by atoms with Crippen molar-refractivity contribution in [2.75, 3.05) is 6.54 Å². The van der Waals surface area contributed by atoms with Gasteiger partial charge in [-0.25, -0.2) is 0 Å². The van der Waals surface area contributed by atoms with Crippen molar-refractivity contribution in [2.24, 2.45) is 0 Å². The van der Waals surface area contributed by atoms with Crippen LogP contribution in [0.3, 0.4) is 0 Å². The molecule has 0 aliphatic heterocycles. The van der Waals surface area contributed by atoms with Crippen LogP contribution >= 0.6 is 0 Å². The van der Waals surface area contributed by atoms with Gasteiger partial charge in [-0.05, 0) is 24.9 Å². The highest BCUT2D eigenvalue weighted by molar-refractivity contribution is 5.32. The van der Waals surface area contributed by atoms with E-state index in [2.05, 4.69) is 60.5 Å². The van der Waals surface area contributed by atoms with Gasteiger partial charge in [0.25, 0.3) is 0 Å². The van der Waals surface area contributed by atoms with E-state index in [1.807, 2.05) is 6.07 Å². The second-order valence-corrected chi connectivity index (χ2v) is 4.95. The van der Waals surface area contributed by atoms with Crippen molar-refractivity contribution in [2.45, 2.75) is 45.6 Å². The molecule has 0 bridgehead atoms. The third-order valence-corrected chi connectivity index (χ3v) is 3.96. The standard InChI is InChI=1S/C16H23N3O/c1-4-16(5-2,13-10-8-7-9-11-13)15-18-14(20-19-15)12-17-6-3/h7-11,17H,4-6,12H2,1-3H3. The first-order chi connectivity index (χ1) is 9.76. The summed E-state index contributed by atoms with van der Waals surface area (Å²) >= 11 is 0. The number of hydrogen-bond donors (Lipinski definition) is 1. The minimum atomic E-state index is -0.158. The van der Waals surface area contributed by atoms with Crippen molar-refractivity contribution < 1.29 is 4.52 Å². The predicted octanol–water partition coefficient (Wildman–Crippen LogP) is 3.29. The highest BCUT2D eigenvalue weighted by Crippen LogP contribution is 2.36. The molecule has 4 nitrogen and oxygen atoms in total. The molecule has 0 saturated carbocycles. The van der Waals surface area contributed by atoms with Crippen molar-refractivity contribution in [3.05, 3.63) is 47.6 Å². The quantitative estimate of drug-likeness (QED) is 0.841. The van der Waals surface area contributed by atoms with Crippen LogP contribution in [0.25, 0.3) is 0 Å². The summed E-state index contributed by atoms with van der Waals surface area (Å²) in [6, 6.07) is 10.5. The third-order valence-electron chi connectivity index (χ3n) is 3.96. The summed E-state index contributed by atoms with van der Waals surface area (Å²) in [5.41, 5.74) is 1.09. The van der Waals surface area contributed by atoms with Crippen molar-refractivity contribution in [1.82, 2.24) is 15.5 Å². The lowest BCUT2D eigenvalue weighted by atomic mass is 9.75. The van der Waals surface area contributed by atoms with Gasteiger partial charge in [-0.3, -0.25) is 0 Å². The smallest absolute Gasteiger partial charge is 0.240 e. The molecule has 1 aromatic carbocycles. The zero-order valence-electron chi connectivity index (χ0n) is 12.5. The van der Waals surface area contributed by atoms with E-state index in [1.54, 1.807) is 0 Å². The molecule has 4 heteroatoms. The summed E-state index contributed by atoms with van der Waals surface area (Å²) in [6.07, 6.45) is 1.90. The Bertz CT molecular complexity index is 518. The molecule has 0 spiro atoms. The zero-order chi connectivity index (χ0) is 14.4. The molecular formula is C16H23N3O. The first-order valence-electron chi connectivity index (χ1n) is 7.36. The zero-order valence-corrected chi connectivity index (χ0v) is 12.5. The minimum absolute atomic E-state index is 0.158. The summed E-state index contributed by atoms with van der Waals surface area (Å²) in [6.45, 7) is 7.93. The minimum Gasteiger partial charge on any atom is -0.338 e. The molecule has 0 atom stereocenters. The lowest BCUT2D eigenvalue weighted by Crippen LogP contribution is -2.27. The maximum absolute atomic E-state index is 5.37. The molecule has 0 fully saturated rings. The fourth-order valence-electron chi connectivity index (χ4n) is 2.61.